The van der Waals surface area contributed by atoms with Crippen LogP contribution in [-0.2, 0) is 19.4 Å². The summed E-state index contributed by atoms with van der Waals surface area (Å²) in [6.45, 7) is 2.43. The van der Waals surface area contributed by atoms with Gasteiger partial charge in [-0.2, -0.15) is 5.10 Å². The number of amides is 1. The molecule has 0 unspecified atom stereocenters. The summed E-state index contributed by atoms with van der Waals surface area (Å²) in [5.41, 5.74) is 5.49. The van der Waals surface area contributed by atoms with Crippen molar-refractivity contribution in [3.8, 4) is 0 Å². The van der Waals surface area contributed by atoms with E-state index in [0.29, 0.717) is 17.6 Å². The molecular weight excluding hydrogens is 400 g/mol. The predicted molar refractivity (Wildman–Crippen MR) is 124 cm³/mol. The van der Waals surface area contributed by atoms with Gasteiger partial charge in [-0.1, -0.05) is 42.5 Å². The molecule has 0 radical (unpaired) electrons. The molecule has 162 valence electrons. The number of fused-ring (bicyclic) bond motifs is 3. The molecule has 0 spiro atoms. The first kappa shape index (κ1) is 20.2. The minimum Gasteiger partial charge on any atom is -0.346 e. The van der Waals surface area contributed by atoms with Gasteiger partial charge in [0.25, 0.3) is 11.5 Å². The van der Waals surface area contributed by atoms with Crippen LogP contribution in [0.4, 0.5) is 0 Å². The Morgan fingerprint density at radius 3 is 2.56 bits per heavy atom. The van der Waals surface area contributed by atoms with E-state index in [0.717, 1.165) is 48.1 Å². The van der Waals surface area contributed by atoms with Gasteiger partial charge in [-0.25, -0.2) is 4.52 Å². The molecule has 0 bridgehead atoms. The molecule has 1 aliphatic rings. The lowest BCUT2D eigenvalue weighted by Crippen LogP contribution is -2.26. The van der Waals surface area contributed by atoms with Gasteiger partial charge < -0.3 is 9.88 Å². The number of rotatable bonds is 5. The van der Waals surface area contributed by atoms with Crippen molar-refractivity contribution in [1.82, 2.24) is 19.5 Å². The highest BCUT2D eigenvalue weighted by molar-refractivity contribution is 5.94. The first-order chi connectivity index (χ1) is 15.6. The number of hydrogen-bond acceptors (Lipinski definition) is 3. The van der Waals surface area contributed by atoms with Crippen molar-refractivity contribution >= 4 is 11.4 Å². The van der Waals surface area contributed by atoms with Gasteiger partial charge in [0.1, 0.15) is 5.52 Å². The SMILES string of the molecule is C[C@@H](NC(=O)c1ccc(Cn2ccn3nc4c(c3c2=O)CCCC4)cc1)c1ccccc1. The molecule has 0 saturated carbocycles. The molecule has 1 N–H and O–H groups in total. The van der Waals surface area contributed by atoms with Gasteiger partial charge in [-0.05, 0) is 55.9 Å². The molecule has 6 heteroatoms. The first-order valence-corrected chi connectivity index (χ1v) is 11.1. The number of hydrogen-bond donors (Lipinski definition) is 1. The quantitative estimate of drug-likeness (QED) is 0.526. The average Bonchev–Trinajstić information content (AvgIpc) is 3.21. The maximum Gasteiger partial charge on any atom is 0.277 e. The zero-order valence-electron chi connectivity index (χ0n) is 18.1. The third-order valence-corrected chi connectivity index (χ3v) is 6.25. The number of aromatic nitrogens is 3. The topological polar surface area (TPSA) is 68.4 Å². The van der Waals surface area contributed by atoms with Gasteiger partial charge in [-0.3, -0.25) is 9.59 Å². The Labute approximate surface area is 186 Å². The molecule has 6 nitrogen and oxygen atoms in total. The number of benzene rings is 2. The monoisotopic (exact) mass is 426 g/mol. The van der Waals surface area contributed by atoms with Crippen LogP contribution in [0.25, 0.3) is 5.52 Å². The Kier molecular flexibility index (Phi) is 5.35. The highest BCUT2D eigenvalue weighted by Gasteiger charge is 2.19. The Hall–Kier alpha value is -3.67. The first-order valence-electron chi connectivity index (χ1n) is 11.1. The van der Waals surface area contributed by atoms with E-state index in [-0.39, 0.29) is 17.5 Å². The van der Waals surface area contributed by atoms with Crippen LogP contribution in [-0.4, -0.2) is 20.1 Å². The minimum atomic E-state index is -0.114. The molecule has 4 aromatic rings. The van der Waals surface area contributed by atoms with Gasteiger partial charge in [0.2, 0.25) is 0 Å². The Balaban J connectivity index is 1.32. The molecule has 2 heterocycles. The standard InChI is InChI=1S/C26H26N4O2/c1-18(20-7-3-2-4-8-20)27-25(31)21-13-11-19(12-14-21)17-29-15-16-30-24(26(29)32)22-9-5-6-10-23(22)28-30/h2-4,7-8,11-16,18H,5-6,9-10,17H2,1H3,(H,27,31)/t18-/m1/s1. The molecule has 1 atom stereocenters. The van der Waals surface area contributed by atoms with Crippen LogP contribution in [0.5, 0.6) is 0 Å². The Bertz CT molecular complexity index is 1320. The van der Waals surface area contributed by atoms with Crippen molar-refractivity contribution in [1.29, 1.82) is 0 Å². The van der Waals surface area contributed by atoms with E-state index in [1.165, 1.54) is 0 Å². The molecule has 2 aromatic carbocycles. The summed E-state index contributed by atoms with van der Waals surface area (Å²) in [5.74, 6) is -0.114. The van der Waals surface area contributed by atoms with E-state index in [2.05, 4.69) is 10.4 Å². The van der Waals surface area contributed by atoms with E-state index in [1.807, 2.05) is 67.7 Å². The fraction of sp³-hybridized carbons (Fsp3) is 0.269. The fourth-order valence-corrected chi connectivity index (χ4v) is 4.44. The second-order valence-corrected chi connectivity index (χ2v) is 8.46. The maximum atomic E-state index is 13.1. The van der Waals surface area contributed by atoms with Crippen molar-refractivity contribution in [2.75, 3.05) is 0 Å². The summed E-state index contributed by atoms with van der Waals surface area (Å²) in [6.07, 6.45) is 7.76. The third-order valence-electron chi connectivity index (χ3n) is 6.25. The van der Waals surface area contributed by atoms with Crippen LogP contribution in [0.3, 0.4) is 0 Å². The van der Waals surface area contributed by atoms with E-state index in [4.69, 9.17) is 0 Å². The minimum absolute atomic E-state index is 0.0124. The molecule has 5 rings (SSSR count). The second kappa shape index (κ2) is 8.46. The number of aryl methyl sites for hydroxylation is 2. The maximum absolute atomic E-state index is 13.1. The van der Waals surface area contributed by atoms with Gasteiger partial charge in [0, 0.05) is 23.5 Å². The lowest BCUT2D eigenvalue weighted by atomic mass is 9.97. The summed E-state index contributed by atoms with van der Waals surface area (Å²) in [6, 6.07) is 17.3. The van der Waals surface area contributed by atoms with Crippen LogP contribution >= 0.6 is 0 Å². The summed E-state index contributed by atoms with van der Waals surface area (Å²) in [4.78, 5) is 25.8. The molecule has 0 fully saturated rings. The summed E-state index contributed by atoms with van der Waals surface area (Å²) < 4.78 is 3.45. The van der Waals surface area contributed by atoms with E-state index in [1.54, 1.807) is 15.3 Å². The van der Waals surface area contributed by atoms with Gasteiger partial charge >= 0.3 is 0 Å². The fourth-order valence-electron chi connectivity index (χ4n) is 4.44. The molecule has 1 aliphatic carbocycles. The average molecular weight is 427 g/mol. The Morgan fingerprint density at radius 1 is 1.03 bits per heavy atom. The van der Waals surface area contributed by atoms with Crippen molar-refractivity contribution in [2.45, 2.75) is 45.2 Å². The smallest absolute Gasteiger partial charge is 0.277 e. The van der Waals surface area contributed by atoms with Crippen molar-refractivity contribution in [3.63, 3.8) is 0 Å². The highest BCUT2D eigenvalue weighted by Crippen LogP contribution is 2.22. The molecule has 32 heavy (non-hydrogen) atoms. The van der Waals surface area contributed by atoms with Gasteiger partial charge in [0.05, 0.1) is 18.3 Å². The van der Waals surface area contributed by atoms with Crippen LogP contribution in [0, 0.1) is 0 Å². The van der Waals surface area contributed by atoms with Crippen molar-refractivity contribution in [3.05, 3.63) is 105 Å². The Morgan fingerprint density at radius 2 is 1.78 bits per heavy atom. The molecule has 2 aromatic heterocycles. The summed E-state index contributed by atoms with van der Waals surface area (Å²) in [5, 5.41) is 7.63. The zero-order valence-corrected chi connectivity index (χ0v) is 18.1. The number of nitrogens with zero attached hydrogens (tertiary/aromatic N) is 3. The van der Waals surface area contributed by atoms with Crippen LogP contribution in [0.15, 0.2) is 71.8 Å². The van der Waals surface area contributed by atoms with E-state index >= 15 is 0 Å². The third kappa shape index (κ3) is 3.84. The lowest BCUT2D eigenvalue weighted by Gasteiger charge is -2.14. The van der Waals surface area contributed by atoms with E-state index < -0.39 is 0 Å². The number of carbonyl (C=O) groups is 1. The molecule has 0 aliphatic heterocycles. The molecular formula is C26H26N4O2. The zero-order chi connectivity index (χ0) is 22.1. The van der Waals surface area contributed by atoms with Crippen LogP contribution in [0.1, 0.15) is 58.5 Å². The van der Waals surface area contributed by atoms with Gasteiger partial charge in [0.15, 0.2) is 0 Å². The van der Waals surface area contributed by atoms with Crippen molar-refractivity contribution < 1.29 is 4.79 Å². The predicted octanol–water partition coefficient (Wildman–Crippen LogP) is 3.91. The summed E-state index contributed by atoms with van der Waals surface area (Å²) >= 11 is 0. The highest BCUT2D eigenvalue weighted by atomic mass is 16.1. The number of nitrogens with one attached hydrogen (secondary N) is 1. The van der Waals surface area contributed by atoms with Crippen LogP contribution < -0.4 is 10.9 Å². The lowest BCUT2D eigenvalue weighted by molar-refractivity contribution is 0.0940. The van der Waals surface area contributed by atoms with Gasteiger partial charge in [-0.15, -0.1) is 0 Å². The second-order valence-electron chi connectivity index (χ2n) is 8.46. The van der Waals surface area contributed by atoms with E-state index in [9.17, 15) is 9.59 Å². The number of carbonyl (C=O) groups excluding carboxylic acids is 1. The van der Waals surface area contributed by atoms with Crippen molar-refractivity contribution in [2.24, 2.45) is 0 Å². The molecule has 0 saturated heterocycles. The molecule has 1 amide bonds. The van der Waals surface area contributed by atoms with Crippen LogP contribution in [0.2, 0.25) is 0 Å². The normalized spacial score (nSPS) is 14.2. The largest absolute Gasteiger partial charge is 0.346 e. The summed E-state index contributed by atoms with van der Waals surface area (Å²) in [7, 11) is 0.